The minimum Gasteiger partial charge on any atom is -0.493 e. The Hall–Kier alpha value is -4.19. The van der Waals surface area contributed by atoms with Gasteiger partial charge in [-0.1, -0.05) is 0 Å². The second-order valence-electron chi connectivity index (χ2n) is 6.84. The number of nitrogens with zero attached hydrogens (tertiary/aromatic N) is 1. The van der Waals surface area contributed by atoms with Crippen molar-refractivity contribution in [1.29, 1.82) is 0 Å². The lowest BCUT2D eigenvalue weighted by atomic mass is 10.2. The van der Waals surface area contributed by atoms with Crippen LogP contribution in [0, 0.1) is 5.82 Å². The van der Waals surface area contributed by atoms with Crippen LogP contribution in [0.25, 0.3) is 0 Å². The third kappa shape index (κ3) is 7.67. The molecule has 3 N–H and O–H groups in total. The molecule has 3 amide bonds. The van der Waals surface area contributed by atoms with Crippen molar-refractivity contribution in [2.75, 3.05) is 19.0 Å². The second kappa shape index (κ2) is 12.3. The number of nitrogens with one attached hydrogen (secondary N) is 3. The Morgan fingerprint density at radius 3 is 2.60 bits per heavy atom. The molecule has 0 bridgehead atoms. The maximum atomic E-state index is 13.0. The number of benzene rings is 2. The number of rotatable bonds is 9. The Bertz CT molecular complexity index is 1220. The van der Waals surface area contributed by atoms with Crippen LogP contribution in [0.3, 0.4) is 0 Å². The number of halogens is 2. The predicted molar refractivity (Wildman–Crippen MR) is 128 cm³/mol. The van der Waals surface area contributed by atoms with Crippen LogP contribution in [-0.4, -0.2) is 37.7 Å². The molecule has 35 heavy (non-hydrogen) atoms. The number of methoxy groups -OCH3 is 1. The maximum absolute atomic E-state index is 13.0. The van der Waals surface area contributed by atoms with E-state index in [2.05, 4.69) is 37.1 Å². The van der Waals surface area contributed by atoms with Crippen LogP contribution in [0.5, 0.6) is 11.5 Å². The van der Waals surface area contributed by atoms with Crippen LogP contribution in [0.2, 0.25) is 0 Å². The maximum Gasteiger partial charge on any atom is 0.329 e. The molecular formula is C23H20BrFN4O6. The molecule has 0 atom stereocenters. The molecule has 1 heterocycles. The van der Waals surface area contributed by atoms with Crippen LogP contribution in [0.1, 0.15) is 11.3 Å². The quantitative estimate of drug-likeness (QED) is 0.215. The van der Waals surface area contributed by atoms with E-state index < -0.39 is 23.5 Å². The van der Waals surface area contributed by atoms with Gasteiger partial charge in [-0.2, -0.15) is 5.10 Å². The number of carbonyl (C=O) groups excluding carboxylic acids is 3. The molecule has 1 aromatic heterocycles. The number of hydrogen-bond donors (Lipinski definition) is 3. The topological polar surface area (TPSA) is 131 Å². The summed E-state index contributed by atoms with van der Waals surface area (Å²) < 4.78 is 29.4. The highest BCUT2D eigenvalue weighted by molar-refractivity contribution is 9.10. The summed E-state index contributed by atoms with van der Waals surface area (Å²) in [6.07, 6.45) is 2.76. The molecule has 3 rings (SSSR count). The first-order valence-electron chi connectivity index (χ1n) is 10.0. The van der Waals surface area contributed by atoms with Gasteiger partial charge in [0.1, 0.15) is 11.6 Å². The number of hydrogen-bond acceptors (Lipinski definition) is 7. The molecule has 10 nitrogen and oxygen atoms in total. The van der Waals surface area contributed by atoms with Crippen molar-refractivity contribution in [3.63, 3.8) is 0 Å². The van der Waals surface area contributed by atoms with Crippen molar-refractivity contribution < 1.29 is 32.7 Å². The van der Waals surface area contributed by atoms with Gasteiger partial charge in [0.2, 0.25) is 0 Å². The predicted octanol–water partition coefficient (Wildman–Crippen LogP) is 2.97. The third-order valence-electron chi connectivity index (χ3n) is 4.32. The first-order valence-corrected chi connectivity index (χ1v) is 10.8. The standard InChI is InChI=1S/C23H20BrFN4O6/c1-33-19-10-14(11-27-29-23(32)22(31)26-12-17-3-2-8-34-17)9-18(24)21(19)35-13-20(30)28-16-6-4-15(25)5-7-16/h2-11H,12-13H2,1H3,(H,26,31)(H,28,30)(H,29,32)/b27-11-. The minimum atomic E-state index is -0.953. The summed E-state index contributed by atoms with van der Waals surface area (Å²) in [5, 5.41) is 8.75. The summed E-state index contributed by atoms with van der Waals surface area (Å²) in [6.45, 7) is -0.264. The SMILES string of the molecule is COc1cc(/C=N\NC(=O)C(=O)NCc2ccco2)cc(Br)c1OCC(=O)Nc1ccc(F)cc1. The molecule has 0 unspecified atom stereocenters. The summed E-state index contributed by atoms with van der Waals surface area (Å²) in [4.78, 5) is 35.8. The highest BCUT2D eigenvalue weighted by Crippen LogP contribution is 2.36. The number of amides is 3. The van der Waals surface area contributed by atoms with E-state index in [1.165, 1.54) is 43.9 Å². The summed E-state index contributed by atoms with van der Waals surface area (Å²) in [7, 11) is 1.42. The molecule has 0 saturated carbocycles. The van der Waals surface area contributed by atoms with Gasteiger partial charge >= 0.3 is 11.8 Å². The first kappa shape index (κ1) is 25.4. The monoisotopic (exact) mass is 546 g/mol. The highest BCUT2D eigenvalue weighted by atomic mass is 79.9. The van der Waals surface area contributed by atoms with Gasteiger partial charge in [-0.05, 0) is 70.0 Å². The molecule has 182 valence electrons. The first-order chi connectivity index (χ1) is 16.9. The summed E-state index contributed by atoms with van der Waals surface area (Å²) in [6, 6.07) is 11.8. The molecule has 0 radical (unpaired) electrons. The van der Waals surface area contributed by atoms with Crippen molar-refractivity contribution in [3.05, 3.63) is 76.4 Å². The molecule has 12 heteroatoms. The number of ether oxygens (including phenoxy) is 2. The van der Waals surface area contributed by atoms with Crippen LogP contribution in [-0.2, 0) is 20.9 Å². The van der Waals surface area contributed by atoms with Crippen molar-refractivity contribution >= 4 is 45.6 Å². The molecule has 0 aliphatic rings. The van der Waals surface area contributed by atoms with E-state index in [1.54, 1.807) is 24.3 Å². The van der Waals surface area contributed by atoms with Crippen LogP contribution < -0.4 is 25.5 Å². The molecule has 0 fully saturated rings. The van der Waals surface area contributed by atoms with Gasteiger partial charge in [0.25, 0.3) is 5.91 Å². The van der Waals surface area contributed by atoms with Crippen LogP contribution >= 0.6 is 15.9 Å². The number of hydrazone groups is 1. The zero-order chi connectivity index (χ0) is 25.2. The molecule has 3 aromatic rings. The fourth-order valence-electron chi connectivity index (χ4n) is 2.70. The summed E-state index contributed by atoms with van der Waals surface area (Å²) in [5.41, 5.74) is 3.06. The average Bonchev–Trinajstić information content (AvgIpc) is 3.36. The van der Waals surface area contributed by atoms with Crippen molar-refractivity contribution in [3.8, 4) is 11.5 Å². The lowest BCUT2D eigenvalue weighted by molar-refractivity contribution is -0.139. The lowest BCUT2D eigenvalue weighted by Gasteiger charge is -2.13. The minimum absolute atomic E-state index is 0.0660. The van der Waals surface area contributed by atoms with Gasteiger partial charge in [0.15, 0.2) is 18.1 Å². The van der Waals surface area contributed by atoms with Gasteiger partial charge in [-0.25, -0.2) is 9.82 Å². The van der Waals surface area contributed by atoms with Gasteiger partial charge in [0.05, 0.1) is 30.6 Å². The molecular weight excluding hydrogens is 527 g/mol. The summed E-state index contributed by atoms with van der Waals surface area (Å²) >= 11 is 3.35. The number of carbonyl (C=O) groups is 3. The zero-order valence-corrected chi connectivity index (χ0v) is 19.9. The molecule has 0 aliphatic carbocycles. The fourth-order valence-corrected chi connectivity index (χ4v) is 3.27. The molecule has 0 saturated heterocycles. The number of furan rings is 1. The van der Waals surface area contributed by atoms with E-state index in [9.17, 15) is 18.8 Å². The largest absolute Gasteiger partial charge is 0.493 e. The van der Waals surface area contributed by atoms with E-state index in [0.29, 0.717) is 21.5 Å². The van der Waals surface area contributed by atoms with Gasteiger partial charge in [0, 0.05) is 5.69 Å². The van der Waals surface area contributed by atoms with E-state index in [4.69, 9.17) is 13.9 Å². The molecule has 2 aromatic carbocycles. The van der Waals surface area contributed by atoms with Crippen LogP contribution in [0.4, 0.5) is 10.1 Å². The van der Waals surface area contributed by atoms with Gasteiger partial charge in [-0.15, -0.1) is 0 Å². The number of anilines is 1. The normalized spacial score (nSPS) is 10.6. The zero-order valence-electron chi connectivity index (χ0n) is 18.3. The van der Waals surface area contributed by atoms with E-state index in [0.717, 1.165) is 0 Å². The fraction of sp³-hybridized carbons (Fsp3) is 0.130. The Balaban J connectivity index is 1.54. The second-order valence-corrected chi connectivity index (χ2v) is 7.69. The smallest absolute Gasteiger partial charge is 0.329 e. The molecule has 0 spiro atoms. The van der Waals surface area contributed by atoms with Gasteiger partial charge in [-0.3, -0.25) is 14.4 Å². The van der Waals surface area contributed by atoms with Crippen molar-refractivity contribution in [1.82, 2.24) is 10.7 Å². The highest BCUT2D eigenvalue weighted by Gasteiger charge is 2.15. The molecule has 0 aliphatic heterocycles. The average molecular weight is 547 g/mol. The van der Waals surface area contributed by atoms with E-state index in [-0.39, 0.29) is 24.7 Å². The van der Waals surface area contributed by atoms with Crippen molar-refractivity contribution in [2.45, 2.75) is 6.54 Å². The Labute approximate surface area is 207 Å². The van der Waals surface area contributed by atoms with Crippen molar-refractivity contribution in [2.24, 2.45) is 5.10 Å². The Morgan fingerprint density at radius 2 is 1.91 bits per heavy atom. The Morgan fingerprint density at radius 1 is 1.14 bits per heavy atom. The third-order valence-corrected chi connectivity index (χ3v) is 4.91. The van der Waals surface area contributed by atoms with E-state index >= 15 is 0 Å². The van der Waals surface area contributed by atoms with Gasteiger partial charge < -0.3 is 24.5 Å². The Kier molecular flexibility index (Phi) is 8.95. The summed E-state index contributed by atoms with van der Waals surface area (Å²) in [5.74, 6) is -1.64. The lowest BCUT2D eigenvalue weighted by Crippen LogP contribution is -2.37. The van der Waals surface area contributed by atoms with Crippen LogP contribution in [0.15, 0.2) is 68.8 Å². The van der Waals surface area contributed by atoms with E-state index in [1.807, 2.05) is 0 Å².